The van der Waals surface area contributed by atoms with E-state index in [0.717, 1.165) is 30.5 Å². The van der Waals surface area contributed by atoms with Crippen molar-refractivity contribution in [1.29, 1.82) is 0 Å². The summed E-state index contributed by atoms with van der Waals surface area (Å²) < 4.78 is 0. The number of hydrogen-bond donors (Lipinski definition) is 1. The van der Waals surface area contributed by atoms with Crippen LogP contribution in [-0.4, -0.2) is 30.1 Å². The first-order valence-electron chi connectivity index (χ1n) is 7.59. The van der Waals surface area contributed by atoms with E-state index in [1.807, 2.05) is 24.3 Å². The van der Waals surface area contributed by atoms with Crippen LogP contribution in [0, 0.1) is 0 Å². The van der Waals surface area contributed by atoms with Crippen molar-refractivity contribution in [1.82, 2.24) is 4.90 Å². The number of carboxylic acids is 1. The number of carbonyl (C=O) groups is 1. The lowest BCUT2D eigenvalue weighted by atomic mass is 9.93. The standard InChI is InChI=1S/C19H21NO2/c1-20(2)13-14-4-3-5-16(12-14)15-6-8-17(9-7-15)19(10-11-19)18(21)22/h3-9,12H,10-11,13H2,1-2H3,(H,21,22). The minimum absolute atomic E-state index is 0.620. The number of hydrogen-bond acceptors (Lipinski definition) is 2. The molecule has 2 aromatic rings. The molecule has 1 fully saturated rings. The van der Waals surface area contributed by atoms with E-state index in [4.69, 9.17) is 0 Å². The van der Waals surface area contributed by atoms with Crippen LogP contribution in [0.1, 0.15) is 24.0 Å². The fourth-order valence-electron chi connectivity index (χ4n) is 2.95. The maximum absolute atomic E-state index is 11.4. The van der Waals surface area contributed by atoms with Gasteiger partial charge in [-0.1, -0.05) is 42.5 Å². The molecule has 0 radical (unpaired) electrons. The maximum atomic E-state index is 11.4. The molecule has 3 rings (SSSR count). The Kier molecular flexibility index (Phi) is 3.75. The predicted octanol–water partition coefficient (Wildman–Crippen LogP) is 3.53. The molecule has 0 amide bonds. The van der Waals surface area contributed by atoms with Crippen LogP contribution >= 0.6 is 0 Å². The molecule has 3 heteroatoms. The molecule has 114 valence electrons. The molecule has 1 aliphatic carbocycles. The Hall–Kier alpha value is -2.13. The Bertz CT molecular complexity index is 685. The van der Waals surface area contributed by atoms with Gasteiger partial charge in [0.05, 0.1) is 5.41 Å². The molecule has 0 bridgehead atoms. The fraction of sp³-hybridized carbons (Fsp3) is 0.316. The number of carboxylic acid groups (broad SMARTS) is 1. The van der Waals surface area contributed by atoms with Gasteiger partial charge in [0.1, 0.15) is 0 Å². The zero-order valence-electron chi connectivity index (χ0n) is 13.0. The van der Waals surface area contributed by atoms with E-state index in [2.05, 4.69) is 43.3 Å². The molecule has 0 heterocycles. The van der Waals surface area contributed by atoms with E-state index >= 15 is 0 Å². The second kappa shape index (κ2) is 5.58. The molecule has 1 saturated carbocycles. The van der Waals surface area contributed by atoms with Crippen molar-refractivity contribution >= 4 is 5.97 Å². The second-order valence-corrected chi connectivity index (χ2v) is 6.40. The monoisotopic (exact) mass is 295 g/mol. The third kappa shape index (κ3) is 2.77. The lowest BCUT2D eigenvalue weighted by Gasteiger charge is -2.13. The van der Waals surface area contributed by atoms with E-state index in [1.165, 1.54) is 11.1 Å². The first kappa shape index (κ1) is 14.8. The molecule has 1 N–H and O–H groups in total. The van der Waals surface area contributed by atoms with E-state index in [9.17, 15) is 9.90 Å². The number of benzene rings is 2. The van der Waals surface area contributed by atoms with Gasteiger partial charge in [-0.25, -0.2) is 0 Å². The molecular formula is C19H21NO2. The predicted molar refractivity (Wildman–Crippen MR) is 87.8 cm³/mol. The smallest absolute Gasteiger partial charge is 0.314 e. The lowest BCUT2D eigenvalue weighted by molar-refractivity contribution is -0.140. The molecule has 0 atom stereocenters. The number of rotatable bonds is 5. The topological polar surface area (TPSA) is 40.5 Å². The van der Waals surface area contributed by atoms with Gasteiger partial charge in [-0.05, 0) is 55.3 Å². The summed E-state index contributed by atoms with van der Waals surface area (Å²) >= 11 is 0. The summed E-state index contributed by atoms with van der Waals surface area (Å²) in [5.41, 5.74) is 3.88. The molecule has 0 aliphatic heterocycles. The van der Waals surface area contributed by atoms with Crippen molar-refractivity contribution in [2.75, 3.05) is 14.1 Å². The summed E-state index contributed by atoms with van der Waals surface area (Å²) in [6, 6.07) is 16.5. The van der Waals surface area contributed by atoms with E-state index in [1.54, 1.807) is 0 Å². The van der Waals surface area contributed by atoms with Gasteiger partial charge >= 0.3 is 5.97 Å². The number of nitrogens with zero attached hydrogens (tertiary/aromatic N) is 1. The summed E-state index contributed by atoms with van der Waals surface area (Å²) in [5, 5.41) is 9.36. The molecule has 22 heavy (non-hydrogen) atoms. The number of aliphatic carboxylic acids is 1. The van der Waals surface area contributed by atoms with Gasteiger partial charge < -0.3 is 10.0 Å². The normalized spacial score (nSPS) is 15.8. The Morgan fingerprint density at radius 3 is 2.32 bits per heavy atom. The zero-order valence-corrected chi connectivity index (χ0v) is 13.0. The Morgan fingerprint density at radius 2 is 1.77 bits per heavy atom. The van der Waals surface area contributed by atoms with Gasteiger partial charge in [0, 0.05) is 6.54 Å². The summed E-state index contributed by atoms with van der Waals surface area (Å²) in [7, 11) is 4.12. The van der Waals surface area contributed by atoms with Crippen molar-refractivity contribution in [3.63, 3.8) is 0 Å². The van der Waals surface area contributed by atoms with Gasteiger partial charge in [0.2, 0.25) is 0 Å². The maximum Gasteiger partial charge on any atom is 0.314 e. The summed E-state index contributed by atoms with van der Waals surface area (Å²) in [4.78, 5) is 13.5. The van der Waals surface area contributed by atoms with Crippen LogP contribution in [-0.2, 0) is 16.8 Å². The quantitative estimate of drug-likeness (QED) is 0.917. The summed E-state index contributed by atoms with van der Waals surface area (Å²) in [6.07, 6.45) is 1.50. The zero-order chi connectivity index (χ0) is 15.7. The third-order valence-electron chi connectivity index (χ3n) is 4.36. The minimum Gasteiger partial charge on any atom is -0.481 e. The molecule has 0 unspecified atom stereocenters. The van der Waals surface area contributed by atoms with E-state index in [0.29, 0.717) is 0 Å². The van der Waals surface area contributed by atoms with Crippen molar-refractivity contribution in [2.45, 2.75) is 24.8 Å². The van der Waals surface area contributed by atoms with Gasteiger partial charge in [0.15, 0.2) is 0 Å². The second-order valence-electron chi connectivity index (χ2n) is 6.40. The largest absolute Gasteiger partial charge is 0.481 e. The van der Waals surface area contributed by atoms with Crippen LogP contribution in [0.2, 0.25) is 0 Å². The third-order valence-corrected chi connectivity index (χ3v) is 4.36. The Labute approximate surface area is 131 Å². The van der Waals surface area contributed by atoms with Crippen molar-refractivity contribution < 1.29 is 9.90 Å². The minimum atomic E-state index is -0.701. The van der Waals surface area contributed by atoms with Crippen LogP contribution in [0.4, 0.5) is 0 Å². The van der Waals surface area contributed by atoms with Crippen molar-refractivity contribution in [3.8, 4) is 11.1 Å². The van der Waals surface area contributed by atoms with Gasteiger partial charge in [-0.15, -0.1) is 0 Å². The van der Waals surface area contributed by atoms with Crippen LogP contribution < -0.4 is 0 Å². The molecule has 3 nitrogen and oxygen atoms in total. The van der Waals surface area contributed by atoms with Crippen LogP contribution in [0.15, 0.2) is 48.5 Å². The Balaban J connectivity index is 1.86. The first-order valence-corrected chi connectivity index (χ1v) is 7.59. The molecule has 1 aliphatic rings. The average Bonchev–Trinajstić information content (AvgIpc) is 3.29. The van der Waals surface area contributed by atoms with Crippen molar-refractivity contribution in [3.05, 3.63) is 59.7 Å². The highest BCUT2D eigenvalue weighted by Crippen LogP contribution is 2.48. The molecule has 2 aromatic carbocycles. The van der Waals surface area contributed by atoms with Gasteiger partial charge in [-0.2, -0.15) is 0 Å². The SMILES string of the molecule is CN(C)Cc1cccc(-c2ccc(C3(C(=O)O)CC3)cc2)c1. The lowest BCUT2D eigenvalue weighted by Crippen LogP contribution is -2.19. The van der Waals surface area contributed by atoms with Crippen LogP contribution in [0.5, 0.6) is 0 Å². The highest BCUT2D eigenvalue weighted by molar-refractivity contribution is 5.85. The first-order chi connectivity index (χ1) is 10.5. The molecule has 0 spiro atoms. The Morgan fingerprint density at radius 1 is 1.09 bits per heavy atom. The highest BCUT2D eigenvalue weighted by Gasteiger charge is 2.51. The average molecular weight is 295 g/mol. The van der Waals surface area contributed by atoms with Gasteiger partial charge in [-0.3, -0.25) is 4.79 Å². The van der Waals surface area contributed by atoms with Gasteiger partial charge in [0.25, 0.3) is 0 Å². The molecular weight excluding hydrogens is 274 g/mol. The van der Waals surface area contributed by atoms with Crippen LogP contribution in [0.3, 0.4) is 0 Å². The van der Waals surface area contributed by atoms with Crippen molar-refractivity contribution in [2.24, 2.45) is 0 Å². The fourth-order valence-corrected chi connectivity index (χ4v) is 2.95. The summed E-state index contributed by atoms with van der Waals surface area (Å²) in [5.74, 6) is -0.701. The summed E-state index contributed by atoms with van der Waals surface area (Å²) in [6.45, 7) is 0.911. The molecule has 0 saturated heterocycles. The highest BCUT2D eigenvalue weighted by atomic mass is 16.4. The van der Waals surface area contributed by atoms with Crippen LogP contribution in [0.25, 0.3) is 11.1 Å². The van der Waals surface area contributed by atoms with E-state index in [-0.39, 0.29) is 0 Å². The molecule has 0 aromatic heterocycles. The van der Waals surface area contributed by atoms with E-state index < -0.39 is 11.4 Å².